The molecule has 0 radical (unpaired) electrons. The van der Waals surface area contributed by atoms with Gasteiger partial charge in [-0.15, -0.1) is 0 Å². The summed E-state index contributed by atoms with van der Waals surface area (Å²) in [5.41, 5.74) is 0. The van der Waals surface area contributed by atoms with Gasteiger partial charge >= 0.3 is 0 Å². The molecule has 1 aliphatic heterocycles. The fraction of sp³-hybridized carbons (Fsp3) is 0.714. The summed E-state index contributed by atoms with van der Waals surface area (Å²) in [5.74, 6) is 1.04. The summed E-state index contributed by atoms with van der Waals surface area (Å²) in [7, 11) is 0. The largest absolute Gasteiger partial charge is 0.468 e. The van der Waals surface area contributed by atoms with Crippen molar-refractivity contribution < 1.29 is 9.15 Å². The van der Waals surface area contributed by atoms with Crippen LogP contribution in [0, 0.1) is 0 Å². The zero-order valence-corrected chi connectivity index (χ0v) is 11.2. The van der Waals surface area contributed by atoms with Gasteiger partial charge in [0.1, 0.15) is 5.76 Å². The van der Waals surface area contributed by atoms with Crippen LogP contribution >= 0.6 is 0 Å². The van der Waals surface area contributed by atoms with Gasteiger partial charge in [0, 0.05) is 26.2 Å². The topological polar surface area (TPSA) is 37.6 Å². The van der Waals surface area contributed by atoms with E-state index in [9.17, 15) is 0 Å². The lowest BCUT2D eigenvalue weighted by Gasteiger charge is -2.20. The van der Waals surface area contributed by atoms with E-state index in [1.54, 1.807) is 6.26 Å². The molecule has 0 aliphatic carbocycles. The number of rotatable bonds is 8. The van der Waals surface area contributed by atoms with Gasteiger partial charge in [0.25, 0.3) is 0 Å². The average molecular weight is 252 g/mol. The quantitative estimate of drug-likeness (QED) is 0.717. The lowest BCUT2D eigenvalue weighted by Crippen LogP contribution is -2.35. The molecule has 18 heavy (non-hydrogen) atoms. The number of nitrogens with zero attached hydrogens (tertiary/aromatic N) is 1. The van der Waals surface area contributed by atoms with E-state index >= 15 is 0 Å². The Kier molecular flexibility index (Phi) is 5.71. The maximum atomic E-state index is 5.58. The SMILES string of the molecule is CCN(CCNCC1CCCO1)Cc1ccco1. The van der Waals surface area contributed by atoms with E-state index in [4.69, 9.17) is 9.15 Å². The van der Waals surface area contributed by atoms with Crippen molar-refractivity contribution in [3.05, 3.63) is 24.2 Å². The highest BCUT2D eigenvalue weighted by Gasteiger charge is 2.14. The molecular formula is C14H24N2O2. The van der Waals surface area contributed by atoms with E-state index in [2.05, 4.69) is 17.1 Å². The van der Waals surface area contributed by atoms with E-state index in [1.165, 1.54) is 12.8 Å². The second-order valence-electron chi connectivity index (χ2n) is 4.79. The lowest BCUT2D eigenvalue weighted by atomic mass is 10.2. The third kappa shape index (κ3) is 4.44. The van der Waals surface area contributed by atoms with Crippen LogP contribution < -0.4 is 5.32 Å². The molecule has 1 unspecified atom stereocenters. The zero-order valence-electron chi connectivity index (χ0n) is 11.2. The van der Waals surface area contributed by atoms with Gasteiger partial charge in [-0.25, -0.2) is 0 Å². The summed E-state index contributed by atoms with van der Waals surface area (Å²) < 4.78 is 11.0. The van der Waals surface area contributed by atoms with Crippen LogP contribution in [0.2, 0.25) is 0 Å². The Labute approximate surface area is 109 Å². The summed E-state index contributed by atoms with van der Waals surface area (Å²) in [5, 5.41) is 3.47. The molecule has 102 valence electrons. The molecule has 1 atom stereocenters. The average Bonchev–Trinajstić information content (AvgIpc) is 3.06. The van der Waals surface area contributed by atoms with Gasteiger partial charge < -0.3 is 14.5 Å². The Morgan fingerprint density at radius 1 is 1.50 bits per heavy atom. The molecule has 1 N–H and O–H groups in total. The molecular weight excluding hydrogens is 228 g/mol. The Morgan fingerprint density at radius 2 is 2.44 bits per heavy atom. The van der Waals surface area contributed by atoms with Crippen molar-refractivity contribution >= 4 is 0 Å². The molecule has 4 nitrogen and oxygen atoms in total. The third-order valence-corrected chi connectivity index (χ3v) is 3.41. The van der Waals surface area contributed by atoms with Gasteiger partial charge in [-0.05, 0) is 31.5 Å². The van der Waals surface area contributed by atoms with Crippen molar-refractivity contribution in [1.29, 1.82) is 0 Å². The van der Waals surface area contributed by atoms with Crippen LogP contribution in [-0.2, 0) is 11.3 Å². The number of nitrogens with one attached hydrogen (secondary N) is 1. The van der Waals surface area contributed by atoms with Gasteiger partial charge in [-0.1, -0.05) is 6.92 Å². The molecule has 1 aromatic rings. The van der Waals surface area contributed by atoms with Crippen molar-refractivity contribution in [1.82, 2.24) is 10.2 Å². The summed E-state index contributed by atoms with van der Waals surface area (Å²) in [6, 6.07) is 3.97. The van der Waals surface area contributed by atoms with E-state index in [-0.39, 0.29) is 0 Å². The predicted molar refractivity (Wildman–Crippen MR) is 71.5 cm³/mol. The molecule has 2 rings (SSSR count). The summed E-state index contributed by atoms with van der Waals surface area (Å²) in [6.07, 6.45) is 4.59. The first-order chi connectivity index (χ1) is 8.88. The minimum atomic E-state index is 0.435. The van der Waals surface area contributed by atoms with Crippen LogP contribution in [0.5, 0.6) is 0 Å². The highest BCUT2D eigenvalue weighted by atomic mass is 16.5. The summed E-state index contributed by atoms with van der Waals surface area (Å²) in [6.45, 7) is 8.10. The number of ether oxygens (including phenoxy) is 1. The Morgan fingerprint density at radius 3 is 3.11 bits per heavy atom. The van der Waals surface area contributed by atoms with Crippen LogP contribution in [0.1, 0.15) is 25.5 Å². The van der Waals surface area contributed by atoms with Gasteiger partial charge in [-0.2, -0.15) is 0 Å². The van der Waals surface area contributed by atoms with E-state index in [1.807, 2.05) is 12.1 Å². The van der Waals surface area contributed by atoms with E-state index in [0.29, 0.717) is 6.10 Å². The van der Waals surface area contributed by atoms with Gasteiger partial charge in [-0.3, -0.25) is 4.90 Å². The molecule has 4 heteroatoms. The van der Waals surface area contributed by atoms with Crippen LogP contribution in [0.3, 0.4) is 0 Å². The minimum Gasteiger partial charge on any atom is -0.468 e. The van der Waals surface area contributed by atoms with Gasteiger partial charge in [0.15, 0.2) is 0 Å². The maximum absolute atomic E-state index is 5.58. The van der Waals surface area contributed by atoms with Crippen LogP contribution in [0.25, 0.3) is 0 Å². The molecule has 0 bridgehead atoms. The van der Waals surface area contributed by atoms with E-state index in [0.717, 1.165) is 45.1 Å². The van der Waals surface area contributed by atoms with Crippen molar-refractivity contribution in [2.45, 2.75) is 32.4 Å². The predicted octanol–water partition coefficient (Wildman–Crippen LogP) is 1.87. The van der Waals surface area contributed by atoms with E-state index < -0.39 is 0 Å². The fourth-order valence-electron chi connectivity index (χ4n) is 2.28. The van der Waals surface area contributed by atoms with Gasteiger partial charge in [0.05, 0.1) is 18.9 Å². The molecule has 0 saturated carbocycles. The second-order valence-corrected chi connectivity index (χ2v) is 4.79. The molecule has 2 heterocycles. The zero-order chi connectivity index (χ0) is 12.6. The number of hydrogen-bond donors (Lipinski definition) is 1. The lowest BCUT2D eigenvalue weighted by molar-refractivity contribution is 0.109. The Hall–Kier alpha value is -0.840. The number of furan rings is 1. The maximum Gasteiger partial charge on any atom is 0.117 e. The first-order valence-electron chi connectivity index (χ1n) is 6.95. The summed E-state index contributed by atoms with van der Waals surface area (Å²) >= 11 is 0. The first kappa shape index (κ1) is 13.6. The highest BCUT2D eigenvalue weighted by Crippen LogP contribution is 2.10. The van der Waals surface area contributed by atoms with Crippen LogP contribution in [-0.4, -0.2) is 43.8 Å². The molecule has 1 fully saturated rings. The molecule has 0 spiro atoms. The standard InChI is InChI=1S/C14H24N2O2/c1-2-16(12-14-6-4-10-18-14)8-7-15-11-13-5-3-9-17-13/h4,6,10,13,15H,2-3,5,7-9,11-12H2,1H3. The fourth-order valence-corrected chi connectivity index (χ4v) is 2.28. The Bertz CT molecular complexity index is 308. The van der Waals surface area contributed by atoms with Crippen molar-refractivity contribution in [3.63, 3.8) is 0 Å². The van der Waals surface area contributed by atoms with Crippen molar-refractivity contribution in [2.75, 3.05) is 32.8 Å². The molecule has 0 amide bonds. The number of hydrogen-bond acceptors (Lipinski definition) is 4. The highest BCUT2D eigenvalue weighted by molar-refractivity contribution is 4.97. The van der Waals surface area contributed by atoms with Crippen LogP contribution in [0.4, 0.5) is 0 Å². The summed E-state index contributed by atoms with van der Waals surface area (Å²) in [4.78, 5) is 2.38. The minimum absolute atomic E-state index is 0.435. The van der Waals surface area contributed by atoms with Crippen LogP contribution in [0.15, 0.2) is 22.8 Å². The first-order valence-corrected chi connectivity index (χ1v) is 6.95. The number of likely N-dealkylation sites (N-methyl/N-ethyl adjacent to an activating group) is 1. The molecule has 1 saturated heterocycles. The Balaban J connectivity index is 1.58. The normalized spacial score (nSPS) is 19.8. The molecule has 0 aromatic carbocycles. The van der Waals surface area contributed by atoms with Gasteiger partial charge in [0.2, 0.25) is 0 Å². The smallest absolute Gasteiger partial charge is 0.117 e. The second kappa shape index (κ2) is 7.56. The monoisotopic (exact) mass is 252 g/mol. The van der Waals surface area contributed by atoms with Crippen molar-refractivity contribution in [3.8, 4) is 0 Å². The third-order valence-electron chi connectivity index (χ3n) is 3.41. The van der Waals surface area contributed by atoms with Crippen molar-refractivity contribution in [2.24, 2.45) is 0 Å². The molecule has 1 aliphatic rings. The molecule has 1 aromatic heterocycles.